The Kier molecular flexibility index (Phi) is 6.11. The molecule has 0 radical (unpaired) electrons. The van der Waals surface area contributed by atoms with Gasteiger partial charge in [-0.25, -0.2) is 14.0 Å². The molecule has 4 nitrogen and oxygen atoms in total. The summed E-state index contributed by atoms with van der Waals surface area (Å²) in [6.07, 6.45) is 2.34. The molecule has 0 aliphatic heterocycles. The fraction of sp³-hybridized carbons (Fsp3) is 0.375. The zero-order valence-electron chi connectivity index (χ0n) is 12.9. The molecule has 1 aromatic carbocycles. The second kappa shape index (κ2) is 7.40. The van der Waals surface area contributed by atoms with Crippen LogP contribution in [0.1, 0.15) is 43.6 Å². The van der Waals surface area contributed by atoms with Crippen molar-refractivity contribution < 1.29 is 23.5 Å². The molecular weight excluding hydrogens is 311 g/mol. The number of rotatable bonds is 4. The van der Waals surface area contributed by atoms with Gasteiger partial charge in [0.15, 0.2) is 0 Å². The van der Waals surface area contributed by atoms with E-state index in [1.165, 1.54) is 12.1 Å². The molecule has 1 rings (SSSR count). The van der Waals surface area contributed by atoms with Gasteiger partial charge in [-0.2, -0.15) is 0 Å². The first-order chi connectivity index (χ1) is 10.1. The molecule has 0 fully saturated rings. The van der Waals surface area contributed by atoms with Crippen molar-refractivity contribution in [1.29, 1.82) is 0 Å². The van der Waals surface area contributed by atoms with Gasteiger partial charge in [-0.3, -0.25) is 0 Å². The topological polar surface area (TPSA) is 52.6 Å². The number of carbonyl (C=O) groups is 2. The van der Waals surface area contributed by atoms with Crippen molar-refractivity contribution in [2.45, 2.75) is 33.3 Å². The molecule has 120 valence electrons. The van der Waals surface area contributed by atoms with Gasteiger partial charge in [0.1, 0.15) is 11.4 Å². The summed E-state index contributed by atoms with van der Waals surface area (Å²) < 4.78 is 23.8. The van der Waals surface area contributed by atoms with E-state index < -0.39 is 23.4 Å². The van der Waals surface area contributed by atoms with E-state index >= 15 is 0 Å². The molecule has 0 atom stereocenters. The van der Waals surface area contributed by atoms with Crippen molar-refractivity contribution >= 4 is 29.6 Å². The van der Waals surface area contributed by atoms with E-state index in [1.807, 2.05) is 0 Å². The van der Waals surface area contributed by atoms with E-state index in [0.717, 1.165) is 12.1 Å². The zero-order chi connectivity index (χ0) is 16.9. The maximum absolute atomic E-state index is 13.9. The molecule has 0 aliphatic rings. The van der Waals surface area contributed by atoms with E-state index in [4.69, 9.17) is 21.1 Å². The first-order valence-corrected chi connectivity index (χ1v) is 7.09. The third kappa shape index (κ3) is 5.48. The van der Waals surface area contributed by atoms with E-state index in [9.17, 15) is 14.0 Å². The molecule has 1 aromatic rings. The molecule has 0 aromatic heterocycles. The van der Waals surface area contributed by atoms with Crippen molar-refractivity contribution in [1.82, 2.24) is 0 Å². The molecular formula is C16H18ClFO4. The number of carbonyl (C=O) groups excluding carboxylic acids is 2. The van der Waals surface area contributed by atoms with Crippen molar-refractivity contribution in [3.8, 4) is 0 Å². The van der Waals surface area contributed by atoms with Crippen LogP contribution in [0.2, 0.25) is 5.02 Å². The Labute approximate surface area is 133 Å². The number of esters is 2. The van der Waals surface area contributed by atoms with Crippen LogP contribution in [0.4, 0.5) is 4.39 Å². The normalized spacial score (nSPS) is 11.5. The summed E-state index contributed by atoms with van der Waals surface area (Å²) in [5, 5.41) is 0.0451. The number of benzene rings is 1. The van der Waals surface area contributed by atoms with Crippen LogP contribution in [0.15, 0.2) is 18.2 Å². The third-order valence-corrected chi connectivity index (χ3v) is 2.70. The molecule has 0 aliphatic carbocycles. The summed E-state index contributed by atoms with van der Waals surface area (Å²) in [6, 6.07) is 2.24. The lowest BCUT2D eigenvalue weighted by atomic mass is 10.1. The third-order valence-electron chi connectivity index (χ3n) is 2.39. The fourth-order valence-corrected chi connectivity index (χ4v) is 1.80. The van der Waals surface area contributed by atoms with E-state index in [0.29, 0.717) is 0 Å². The fourth-order valence-electron chi connectivity index (χ4n) is 1.55. The van der Waals surface area contributed by atoms with E-state index in [2.05, 4.69) is 0 Å². The Bertz CT molecular complexity index is 603. The maximum Gasteiger partial charge on any atom is 0.339 e. The number of hydrogen-bond acceptors (Lipinski definition) is 4. The maximum atomic E-state index is 13.9. The second-order valence-electron chi connectivity index (χ2n) is 5.44. The van der Waals surface area contributed by atoms with Crippen LogP contribution in [-0.2, 0) is 14.3 Å². The molecule has 0 amide bonds. The monoisotopic (exact) mass is 328 g/mol. The number of ether oxygens (including phenoxy) is 2. The Morgan fingerprint density at radius 1 is 1.32 bits per heavy atom. The molecule has 0 N–H and O–H groups in total. The first kappa shape index (κ1) is 18.2. The van der Waals surface area contributed by atoms with Crippen molar-refractivity contribution in [3.63, 3.8) is 0 Å². The van der Waals surface area contributed by atoms with Gasteiger partial charge in [-0.15, -0.1) is 0 Å². The average Bonchev–Trinajstić information content (AvgIpc) is 2.37. The molecule has 0 bridgehead atoms. The minimum Gasteiger partial charge on any atom is -0.462 e. The minimum atomic E-state index is -0.700. The van der Waals surface area contributed by atoms with Gasteiger partial charge in [0, 0.05) is 11.6 Å². The largest absolute Gasteiger partial charge is 0.462 e. The summed E-state index contributed by atoms with van der Waals surface area (Å²) in [5.41, 5.74) is -0.620. The van der Waals surface area contributed by atoms with Crippen LogP contribution in [-0.4, -0.2) is 24.1 Å². The van der Waals surface area contributed by atoms with Crippen LogP contribution in [0.3, 0.4) is 0 Å². The van der Waals surface area contributed by atoms with Gasteiger partial charge in [-0.05, 0) is 45.9 Å². The van der Waals surface area contributed by atoms with Crippen LogP contribution in [0, 0.1) is 5.82 Å². The van der Waals surface area contributed by atoms with E-state index in [-0.39, 0.29) is 22.8 Å². The molecule has 0 saturated heterocycles. The van der Waals surface area contributed by atoms with Gasteiger partial charge < -0.3 is 9.47 Å². The smallest absolute Gasteiger partial charge is 0.339 e. The molecule has 0 unspecified atom stereocenters. The van der Waals surface area contributed by atoms with Gasteiger partial charge in [0.05, 0.1) is 17.2 Å². The summed E-state index contributed by atoms with van der Waals surface area (Å²) >= 11 is 5.94. The van der Waals surface area contributed by atoms with Gasteiger partial charge in [-0.1, -0.05) is 11.6 Å². The van der Waals surface area contributed by atoms with Crippen LogP contribution >= 0.6 is 11.6 Å². The molecule has 0 saturated carbocycles. The zero-order valence-corrected chi connectivity index (χ0v) is 13.7. The van der Waals surface area contributed by atoms with Crippen molar-refractivity contribution in [2.75, 3.05) is 6.61 Å². The summed E-state index contributed by atoms with van der Waals surface area (Å²) in [6.45, 7) is 6.98. The lowest BCUT2D eigenvalue weighted by Gasteiger charge is -2.17. The minimum absolute atomic E-state index is 0.0451. The first-order valence-electron chi connectivity index (χ1n) is 6.71. The van der Waals surface area contributed by atoms with Crippen LogP contribution < -0.4 is 0 Å². The molecule has 6 heteroatoms. The highest BCUT2D eigenvalue weighted by Gasteiger charge is 2.16. The van der Waals surface area contributed by atoms with Gasteiger partial charge >= 0.3 is 11.9 Å². The molecule has 0 heterocycles. The Morgan fingerprint density at radius 3 is 2.50 bits per heavy atom. The summed E-state index contributed by atoms with van der Waals surface area (Å²) in [7, 11) is 0. The highest BCUT2D eigenvalue weighted by Crippen LogP contribution is 2.23. The van der Waals surface area contributed by atoms with E-state index in [1.54, 1.807) is 27.7 Å². The number of hydrogen-bond donors (Lipinski definition) is 0. The standard InChI is InChI=1S/C16H18ClFO4/c1-5-21-15(20)11-9-13(18)10(8-12(11)17)6-7-14(19)22-16(2,3)4/h6-9H,5H2,1-4H3/b7-6+. The van der Waals surface area contributed by atoms with Crippen molar-refractivity contribution in [3.05, 3.63) is 40.2 Å². The van der Waals surface area contributed by atoms with Gasteiger partial charge in [0.25, 0.3) is 0 Å². The predicted octanol–water partition coefficient (Wildman–Crippen LogP) is 4.01. The lowest BCUT2D eigenvalue weighted by molar-refractivity contribution is -0.148. The highest BCUT2D eigenvalue weighted by atomic mass is 35.5. The predicted molar refractivity (Wildman–Crippen MR) is 82.2 cm³/mol. The Hall–Kier alpha value is -1.88. The number of halogens is 2. The quantitative estimate of drug-likeness (QED) is 0.619. The van der Waals surface area contributed by atoms with Crippen LogP contribution in [0.25, 0.3) is 6.08 Å². The van der Waals surface area contributed by atoms with Gasteiger partial charge in [0.2, 0.25) is 0 Å². The van der Waals surface area contributed by atoms with Crippen molar-refractivity contribution in [2.24, 2.45) is 0 Å². The summed E-state index contributed by atoms with van der Waals surface area (Å²) in [5.74, 6) is -1.99. The second-order valence-corrected chi connectivity index (χ2v) is 5.85. The molecule has 0 spiro atoms. The lowest BCUT2D eigenvalue weighted by Crippen LogP contribution is -2.22. The molecule has 22 heavy (non-hydrogen) atoms. The summed E-state index contributed by atoms with van der Waals surface area (Å²) in [4.78, 5) is 23.1. The Balaban J connectivity index is 2.96. The van der Waals surface area contributed by atoms with Crippen LogP contribution in [0.5, 0.6) is 0 Å². The average molecular weight is 329 g/mol. The SMILES string of the molecule is CCOC(=O)c1cc(F)c(/C=C/C(=O)OC(C)(C)C)cc1Cl. The Morgan fingerprint density at radius 2 is 1.95 bits per heavy atom. The highest BCUT2D eigenvalue weighted by molar-refractivity contribution is 6.33.